The van der Waals surface area contributed by atoms with E-state index in [-0.39, 0.29) is 11.9 Å². The van der Waals surface area contributed by atoms with Gasteiger partial charge in [0.15, 0.2) is 0 Å². The Hall–Kier alpha value is -1.55. The number of aliphatic hydroxyl groups is 1. The number of amides is 1. The quantitative estimate of drug-likeness (QED) is 0.864. The van der Waals surface area contributed by atoms with Crippen molar-refractivity contribution in [3.05, 3.63) is 29.3 Å². The number of aliphatic hydroxyl groups excluding tert-OH is 1. The van der Waals surface area contributed by atoms with Crippen molar-refractivity contribution in [3.63, 3.8) is 0 Å². The molecule has 1 aromatic rings. The third kappa shape index (κ3) is 2.42. The van der Waals surface area contributed by atoms with Gasteiger partial charge in [-0.1, -0.05) is 17.7 Å². The van der Waals surface area contributed by atoms with Gasteiger partial charge in [0, 0.05) is 18.5 Å². The predicted molar refractivity (Wildman–Crippen MR) is 80.2 cm³/mol. The lowest BCUT2D eigenvalue weighted by atomic mass is 9.84. The SMILES string of the molecule is Cc1ccc2c(c1)[C@@H](N1CCCCC1=O)[C@H](O)C(C)(C)O2. The van der Waals surface area contributed by atoms with Crippen molar-refractivity contribution in [3.8, 4) is 5.75 Å². The van der Waals surface area contributed by atoms with Crippen molar-refractivity contribution in [2.75, 3.05) is 6.54 Å². The molecule has 2 atom stereocenters. The Bertz CT molecular complexity index is 567. The first-order valence-electron chi connectivity index (χ1n) is 7.67. The lowest BCUT2D eigenvalue weighted by Crippen LogP contribution is -2.55. The zero-order chi connectivity index (χ0) is 15.2. The molecule has 0 spiro atoms. The molecule has 0 saturated carbocycles. The summed E-state index contributed by atoms with van der Waals surface area (Å²) in [5.41, 5.74) is 1.33. The summed E-state index contributed by atoms with van der Waals surface area (Å²) >= 11 is 0. The third-order valence-corrected chi connectivity index (χ3v) is 4.56. The minimum absolute atomic E-state index is 0.135. The van der Waals surface area contributed by atoms with E-state index in [1.807, 2.05) is 43.9 Å². The Morgan fingerprint density at radius 3 is 2.81 bits per heavy atom. The van der Waals surface area contributed by atoms with Gasteiger partial charge in [-0.25, -0.2) is 0 Å². The lowest BCUT2D eigenvalue weighted by molar-refractivity contribution is -0.147. The maximum Gasteiger partial charge on any atom is 0.223 e. The number of hydrogen-bond donors (Lipinski definition) is 1. The van der Waals surface area contributed by atoms with Crippen LogP contribution in [0.3, 0.4) is 0 Å². The van der Waals surface area contributed by atoms with E-state index in [0.29, 0.717) is 13.0 Å². The van der Waals surface area contributed by atoms with Crippen molar-refractivity contribution in [1.82, 2.24) is 4.90 Å². The van der Waals surface area contributed by atoms with Crippen molar-refractivity contribution in [2.45, 2.75) is 57.8 Å². The highest BCUT2D eigenvalue weighted by Crippen LogP contribution is 2.44. The van der Waals surface area contributed by atoms with Crippen LogP contribution in [0.5, 0.6) is 5.75 Å². The van der Waals surface area contributed by atoms with Gasteiger partial charge in [0.2, 0.25) is 5.91 Å². The van der Waals surface area contributed by atoms with E-state index in [1.165, 1.54) is 0 Å². The Labute approximate surface area is 125 Å². The van der Waals surface area contributed by atoms with Gasteiger partial charge in [-0.05, 0) is 39.7 Å². The molecule has 4 heteroatoms. The van der Waals surface area contributed by atoms with Crippen LogP contribution in [0.25, 0.3) is 0 Å². The summed E-state index contributed by atoms with van der Waals surface area (Å²) in [7, 11) is 0. The smallest absolute Gasteiger partial charge is 0.223 e. The number of carbonyl (C=O) groups excluding carboxylic acids is 1. The number of rotatable bonds is 1. The van der Waals surface area contributed by atoms with E-state index < -0.39 is 11.7 Å². The fourth-order valence-electron chi connectivity index (χ4n) is 3.35. The van der Waals surface area contributed by atoms with Crippen LogP contribution < -0.4 is 4.74 Å². The first kappa shape index (κ1) is 14.4. The maximum atomic E-state index is 12.3. The molecular formula is C17H23NO3. The summed E-state index contributed by atoms with van der Waals surface area (Å²) in [5.74, 6) is 0.912. The van der Waals surface area contributed by atoms with E-state index in [9.17, 15) is 9.90 Å². The lowest BCUT2D eigenvalue weighted by Gasteiger charge is -2.47. The number of hydrogen-bond acceptors (Lipinski definition) is 3. The van der Waals surface area contributed by atoms with Crippen LogP contribution in [0.2, 0.25) is 0 Å². The first-order chi connectivity index (χ1) is 9.90. The monoisotopic (exact) mass is 289 g/mol. The molecule has 114 valence electrons. The minimum Gasteiger partial charge on any atom is -0.485 e. The number of aryl methyl sites for hydroxylation is 1. The number of carbonyl (C=O) groups is 1. The average molecular weight is 289 g/mol. The van der Waals surface area contributed by atoms with Gasteiger partial charge in [0.05, 0.1) is 6.04 Å². The normalized spacial score (nSPS) is 28.0. The summed E-state index contributed by atoms with van der Waals surface area (Å²) < 4.78 is 5.95. The molecule has 21 heavy (non-hydrogen) atoms. The molecule has 1 fully saturated rings. The second-order valence-corrected chi connectivity index (χ2v) is 6.68. The van der Waals surface area contributed by atoms with Crippen LogP contribution in [0.4, 0.5) is 0 Å². The predicted octanol–water partition coefficient (Wildman–Crippen LogP) is 2.58. The van der Waals surface area contributed by atoms with Crippen molar-refractivity contribution < 1.29 is 14.6 Å². The Balaban J connectivity index is 2.08. The highest BCUT2D eigenvalue weighted by Gasteiger charge is 2.46. The van der Waals surface area contributed by atoms with Crippen LogP contribution >= 0.6 is 0 Å². The molecule has 1 amide bonds. The number of ether oxygens (including phenoxy) is 1. The summed E-state index contributed by atoms with van der Waals surface area (Å²) in [6.07, 6.45) is 1.79. The van der Waals surface area contributed by atoms with Crippen LogP contribution in [0.1, 0.15) is 50.3 Å². The molecule has 1 N–H and O–H groups in total. The average Bonchev–Trinajstić information content (AvgIpc) is 2.42. The van der Waals surface area contributed by atoms with Gasteiger partial charge in [-0.2, -0.15) is 0 Å². The largest absolute Gasteiger partial charge is 0.485 e. The van der Waals surface area contributed by atoms with Crippen molar-refractivity contribution in [2.24, 2.45) is 0 Å². The number of fused-ring (bicyclic) bond motifs is 1. The molecule has 1 saturated heterocycles. The second kappa shape index (κ2) is 5.02. The molecule has 1 aromatic carbocycles. The van der Waals surface area contributed by atoms with Gasteiger partial charge in [0.1, 0.15) is 17.5 Å². The molecule has 0 bridgehead atoms. The number of likely N-dealkylation sites (tertiary alicyclic amines) is 1. The molecule has 2 heterocycles. The summed E-state index contributed by atoms with van der Waals surface area (Å²) in [6.45, 7) is 6.48. The van der Waals surface area contributed by atoms with Crippen molar-refractivity contribution >= 4 is 5.91 Å². The van der Waals surface area contributed by atoms with E-state index in [1.54, 1.807) is 0 Å². The zero-order valence-electron chi connectivity index (χ0n) is 12.9. The molecule has 4 nitrogen and oxygen atoms in total. The van der Waals surface area contributed by atoms with Crippen LogP contribution in [-0.2, 0) is 4.79 Å². The Kier molecular flexibility index (Phi) is 3.44. The zero-order valence-corrected chi connectivity index (χ0v) is 12.9. The van der Waals surface area contributed by atoms with Gasteiger partial charge >= 0.3 is 0 Å². The highest BCUT2D eigenvalue weighted by molar-refractivity contribution is 5.77. The number of benzene rings is 1. The van der Waals surface area contributed by atoms with E-state index in [2.05, 4.69) is 0 Å². The standard InChI is InChI=1S/C17H23NO3/c1-11-7-8-13-12(10-11)15(16(20)17(2,3)21-13)18-9-5-4-6-14(18)19/h7-8,10,15-16,20H,4-6,9H2,1-3H3/t15-,16+/m1/s1. The Morgan fingerprint density at radius 1 is 1.33 bits per heavy atom. The molecule has 0 aromatic heterocycles. The van der Waals surface area contributed by atoms with Crippen LogP contribution in [0.15, 0.2) is 18.2 Å². The fraction of sp³-hybridized carbons (Fsp3) is 0.588. The number of nitrogens with zero attached hydrogens (tertiary/aromatic N) is 1. The van der Waals surface area contributed by atoms with Crippen molar-refractivity contribution in [1.29, 1.82) is 0 Å². The van der Waals surface area contributed by atoms with Crippen LogP contribution in [-0.4, -0.2) is 34.2 Å². The maximum absolute atomic E-state index is 12.3. The van der Waals surface area contributed by atoms with Gasteiger partial charge < -0.3 is 14.7 Å². The van der Waals surface area contributed by atoms with Gasteiger partial charge in [0.25, 0.3) is 0 Å². The topological polar surface area (TPSA) is 49.8 Å². The van der Waals surface area contributed by atoms with Crippen LogP contribution in [0, 0.1) is 6.92 Å². The number of piperidine rings is 1. The summed E-state index contributed by atoms with van der Waals surface area (Å²) in [5, 5.41) is 10.8. The molecular weight excluding hydrogens is 266 g/mol. The Morgan fingerprint density at radius 2 is 2.10 bits per heavy atom. The summed E-state index contributed by atoms with van der Waals surface area (Å²) in [6, 6.07) is 5.67. The minimum atomic E-state index is -0.728. The third-order valence-electron chi connectivity index (χ3n) is 4.56. The fourth-order valence-corrected chi connectivity index (χ4v) is 3.35. The van der Waals surface area contributed by atoms with E-state index in [0.717, 1.165) is 29.7 Å². The molecule has 2 aliphatic rings. The first-order valence-corrected chi connectivity index (χ1v) is 7.67. The molecule has 0 unspecified atom stereocenters. The van der Waals surface area contributed by atoms with Gasteiger partial charge in [-0.15, -0.1) is 0 Å². The molecule has 0 radical (unpaired) electrons. The summed E-state index contributed by atoms with van der Waals surface area (Å²) in [4.78, 5) is 14.2. The highest BCUT2D eigenvalue weighted by atomic mass is 16.5. The van der Waals surface area contributed by atoms with E-state index >= 15 is 0 Å². The molecule has 0 aliphatic carbocycles. The molecule has 3 rings (SSSR count). The van der Waals surface area contributed by atoms with Gasteiger partial charge in [-0.3, -0.25) is 4.79 Å². The molecule has 2 aliphatic heterocycles. The second-order valence-electron chi connectivity index (χ2n) is 6.68. The van der Waals surface area contributed by atoms with E-state index in [4.69, 9.17) is 4.74 Å².